The molecule has 0 aromatic heterocycles. The molecule has 0 saturated heterocycles. The lowest BCUT2D eigenvalue weighted by atomic mass is 9.41. The number of aromatic hydroxyl groups is 1. The van der Waals surface area contributed by atoms with Crippen molar-refractivity contribution in [2.45, 2.75) is 96.7 Å². The molecule has 4 aliphatic carbocycles. The van der Waals surface area contributed by atoms with Gasteiger partial charge in [0.2, 0.25) is 0 Å². The van der Waals surface area contributed by atoms with Gasteiger partial charge in [0.25, 0.3) is 0 Å². The minimum Gasteiger partial charge on any atom is -0.507 e. The van der Waals surface area contributed by atoms with Gasteiger partial charge in [0.15, 0.2) is 0 Å². The number of phenolic OH excluding ortho intramolecular Hbond substituents is 1. The molecule has 0 spiro atoms. The molecule has 2 atom stereocenters. The molecule has 1 nitrogen and oxygen atoms in total. The fourth-order valence-electron chi connectivity index (χ4n) is 7.56. The Bertz CT molecular complexity index is 707. The highest BCUT2D eigenvalue weighted by Crippen LogP contribution is 2.68. The molecule has 4 aliphatic rings. The summed E-state index contributed by atoms with van der Waals surface area (Å²) in [5, 5.41) is 11.2. The number of phenols is 1. The van der Waals surface area contributed by atoms with Crippen LogP contribution >= 0.6 is 0 Å². The summed E-state index contributed by atoms with van der Waals surface area (Å²) in [6, 6.07) is 4.49. The molecule has 1 aromatic carbocycles. The molecule has 0 amide bonds. The van der Waals surface area contributed by atoms with Crippen molar-refractivity contribution in [3.05, 3.63) is 28.8 Å². The van der Waals surface area contributed by atoms with Crippen LogP contribution in [0, 0.1) is 23.2 Å². The second-order valence-corrected chi connectivity index (χ2v) is 11.8. The summed E-state index contributed by atoms with van der Waals surface area (Å²) in [6.45, 7) is 11.6. The van der Waals surface area contributed by atoms with Crippen LogP contribution in [0.2, 0.25) is 0 Å². The van der Waals surface area contributed by atoms with E-state index in [9.17, 15) is 5.11 Å². The summed E-state index contributed by atoms with van der Waals surface area (Å²) < 4.78 is 0. The monoisotopic (exact) mass is 364 g/mol. The molecule has 5 rings (SSSR count). The normalized spacial score (nSPS) is 35.2. The van der Waals surface area contributed by atoms with Gasteiger partial charge in [0.1, 0.15) is 5.75 Å². The van der Waals surface area contributed by atoms with Crippen molar-refractivity contribution in [1.82, 2.24) is 0 Å². The molecule has 4 bridgehead atoms. The van der Waals surface area contributed by atoms with E-state index in [0.29, 0.717) is 17.5 Å². The van der Waals surface area contributed by atoms with Crippen LogP contribution in [0.1, 0.15) is 96.3 Å². The summed E-state index contributed by atoms with van der Waals surface area (Å²) in [6.07, 6.45) is 9.86. The average molecular weight is 364 g/mol. The summed E-state index contributed by atoms with van der Waals surface area (Å²) in [7, 11) is 6.06. The van der Waals surface area contributed by atoms with Crippen LogP contribution in [0.25, 0.3) is 0 Å². The quantitative estimate of drug-likeness (QED) is 0.627. The zero-order valence-corrected chi connectivity index (χ0v) is 18.1. The van der Waals surface area contributed by atoms with Gasteiger partial charge in [-0.05, 0) is 84.7 Å². The first-order valence-corrected chi connectivity index (χ1v) is 11.1. The summed E-state index contributed by atoms with van der Waals surface area (Å²) in [5.74, 6) is 2.97. The van der Waals surface area contributed by atoms with Crippen LogP contribution < -0.4 is 0 Å². The highest BCUT2D eigenvalue weighted by Gasteiger charge is 2.58. The molecule has 2 unspecified atom stereocenters. The van der Waals surface area contributed by atoms with Gasteiger partial charge in [-0.25, -0.2) is 0 Å². The van der Waals surface area contributed by atoms with E-state index in [1.807, 2.05) is 0 Å². The molecule has 27 heavy (non-hydrogen) atoms. The van der Waals surface area contributed by atoms with E-state index in [1.54, 1.807) is 0 Å². The van der Waals surface area contributed by atoms with E-state index in [4.69, 9.17) is 7.85 Å². The molecule has 4 saturated carbocycles. The van der Waals surface area contributed by atoms with Gasteiger partial charge in [-0.2, -0.15) is 0 Å². The van der Waals surface area contributed by atoms with Gasteiger partial charge >= 0.3 is 0 Å². The third kappa shape index (κ3) is 3.26. The Hall–Kier alpha value is -0.915. The Labute approximate surface area is 167 Å². The van der Waals surface area contributed by atoms with Crippen molar-refractivity contribution in [1.29, 1.82) is 0 Å². The predicted molar refractivity (Wildman–Crippen MR) is 115 cm³/mol. The van der Waals surface area contributed by atoms with E-state index in [0.717, 1.165) is 23.3 Å². The SMILES string of the molecule is [B]Cc1cc(C(C)(C)C)cc(C23CC4CC(CC(CC(C)C)(C4)C2)C3)c1O. The van der Waals surface area contributed by atoms with Crippen LogP contribution in [0.3, 0.4) is 0 Å². The maximum atomic E-state index is 11.2. The number of benzene rings is 1. The summed E-state index contributed by atoms with van der Waals surface area (Å²) >= 11 is 0. The molecule has 2 radical (unpaired) electrons. The van der Waals surface area contributed by atoms with Crippen molar-refractivity contribution in [2.75, 3.05) is 0 Å². The molecular weight excluding hydrogens is 327 g/mol. The fraction of sp³-hybridized carbons (Fsp3) is 0.760. The Morgan fingerprint density at radius 2 is 1.74 bits per heavy atom. The van der Waals surface area contributed by atoms with Gasteiger partial charge in [0, 0.05) is 11.0 Å². The fourth-order valence-corrected chi connectivity index (χ4v) is 7.56. The van der Waals surface area contributed by atoms with Crippen LogP contribution in [0.15, 0.2) is 12.1 Å². The standard InChI is InChI=1S/C25H37BO/c1-16(2)9-24-10-17-6-18(11-24)13-25(12-17,15-24)21-8-20(23(3,4)5)7-19(14-26)22(21)27/h7-8,16-18,27H,6,9-15H2,1-5H3. The topological polar surface area (TPSA) is 20.2 Å². The Kier molecular flexibility index (Phi) is 4.52. The lowest BCUT2D eigenvalue weighted by Gasteiger charge is -2.63. The number of hydrogen-bond donors (Lipinski definition) is 1. The minimum absolute atomic E-state index is 0.0737. The smallest absolute Gasteiger partial charge is 0.121 e. The highest BCUT2D eigenvalue weighted by atomic mass is 16.3. The van der Waals surface area contributed by atoms with E-state index < -0.39 is 0 Å². The third-order valence-corrected chi connectivity index (χ3v) is 7.87. The maximum Gasteiger partial charge on any atom is 0.121 e. The Morgan fingerprint density at radius 1 is 1.11 bits per heavy atom. The van der Waals surface area contributed by atoms with Crippen LogP contribution in [0.5, 0.6) is 5.75 Å². The van der Waals surface area contributed by atoms with Crippen LogP contribution in [-0.4, -0.2) is 13.0 Å². The van der Waals surface area contributed by atoms with E-state index >= 15 is 0 Å². The molecule has 2 heteroatoms. The van der Waals surface area contributed by atoms with Gasteiger partial charge in [0.05, 0.1) is 7.85 Å². The van der Waals surface area contributed by atoms with Crippen molar-refractivity contribution >= 4 is 7.85 Å². The third-order valence-electron chi connectivity index (χ3n) is 7.87. The largest absolute Gasteiger partial charge is 0.507 e. The first kappa shape index (κ1) is 19.4. The molecule has 1 N–H and O–H groups in total. The van der Waals surface area contributed by atoms with Crippen molar-refractivity contribution in [2.24, 2.45) is 23.2 Å². The lowest BCUT2D eigenvalue weighted by molar-refractivity contribution is -0.0821. The molecule has 4 fully saturated rings. The first-order chi connectivity index (χ1) is 12.6. The minimum atomic E-state index is 0.0737. The van der Waals surface area contributed by atoms with Crippen molar-refractivity contribution in [3.8, 4) is 5.75 Å². The van der Waals surface area contributed by atoms with Crippen molar-refractivity contribution in [3.63, 3.8) is 0 Å². The number of rotatable bonds is 4. The highest BCUT2D eigenvalue weighted by molar-refractivity contribution is 6.08. The van der Waals surface area contributed by atoms with E-state index in [1.165, 1.54) is 56.1 Å². The van der Waals surface area contributed by atoms with Gasteiger partial charge in [-0.1, -0.05) is 53.1 Å². The van der Waals surface area contributed by atoms with Gasteiger partial charge in [-0.15, -0.1) is 0 Å². The van der Waals surface area contributed by atoms with Crippen LogP contribution in [0.4, 0.5) is 0 Å². The second-order valence-electron chi connectivity index (χ2n) is 11.8. The number of hydrogen-bond acceptors (Lipinski definition) is 1. The molecule has 1 aromatic rings. The second kappa shape index (κ2) is 6.29. The maximum absolute atomic E-state index is 11.2. The molecule has 0 heterocycles. The molecule has 0 aliphatic heterocycles. The molecule has 146 valence electrons. The lowest BCUT2D eigenvalue weighted by Crippen LogP contribution is -2.54. The Morgan fingerprint density at radius 3 is 2.26 bits per heavy atom. The van der Waals surface area contributed by atoms with Crippen LogP contribution in [-0.2, 0) is 17.2 Å². The summed E-state index contributed by atoms with van der Waals surface area (Å²) in [4.78, 5) is 0. The predicted octanol–water partition coefficient (Wildman–Crippen LogP) is 6.24. The molecular formula is C25H37BO. The van der Waals surface area contributed by atoms with E-state index in [2.05, 4.69) is 46.8 Å². The van der Waals surface area contributed by atoms with Crippen molar-refractivity contribution < 1.29 is 5.11 Å². The summed E-state index contributed by atoms with van der Waals surface area (Å²) in [5.41, 5.74) is 4.25. The zero-order valence-electron chi connectivity index (χ0n) is 18.1. The Balaban J connectivity index is 1.83. The van der Waals surface area contributed by atoms with Gasteiger partial charge < -0.3 is 5.11 Å². The first-order valence-electron chi connectivity index (χ1n) is 11.1. The zero-order chi connectivity index (χ0) is 19.6. The average Bonchev–Trinajstić information content (AvgIpc) is 2.51. The van der Waals surface area contributed by atoms with E-state index in [-0.39, 0.29) is 10.8 Å². The van der Waals surface area contributed by atoms with Gasteiger partial charge in [-0.3, -0.25) is 0 Å².